The molecule has 0 bridgehead atoms. The Bertz CT molecular complexity index is 994. The molecule has 0 fully saturated rings. The second-order valence-electron chi connectivity index (χ2n) is 5.56. The molecule has 0 radical (unpaired) electrons. The Hall–Kier alpha value is -3.43. The number of aromatic nitrogens is 3. The number of pyridine rings is 1. The van der Waals surface area contributed by atoms with E-state index >= 15 is 0 Å². The van der Waals surface area contributed by atoms with E-state index in [0.717, 1.165) is 28.0 Å². The molecule has 0 aliphatic rings. The molecule has 7 nitrogen and oxygen atoms in total. The summed E-state index contributed by atoms with van der Waals surface area (Å²) in [6.07, 6.45) is -0.365. The molecule has 142 valence electrons. The number of ether oxygens (including phenoxy) is 1. The Morgan fingerprint density at radius 2 is 1.93 bits per heavy atom. The fourth-order valence-corrected chi connectivity index (χ4v) is 2.60. The Balaban J connectivity index is 1.91. The van der Waals surface area contributed by atoms with Gasteiger partial charge >= 0.3 is 12.1 Å². The lowest BCUT2D eigenvalue weighted by Crippen LogP contribution is -2.23. The Morgan fingerprint density at radius 3 is 2.56 bits per heavy atom. The normalized spacial score (nSPS) is 11.4. The summed E-state index contributed by atoms with van der Waals surface area (Å²) in [5.41, 5.74) is 1.16. The first-order valence-electron chi connectivity index (χ1n) is 7.76. The minimum absolute atomic E-state index is 0.174. The van der Waals surface area contributed by atoms with Crippen LogP contribution in [0.1, 0.15) is 5.56 Å². The van der Waals surface area contributed by atoms with Crippen molar-refractivity contribution in [2.75, 3.05) is 12.4 Å². The summed E-state index contributed by atoms with van der Waals surface area (Å²) in [6, 6.07) is 6.36. The van der Waals surface area contributed by atoms with Gasteiger partial charge in [0.25, 0.3) is 0 Å². The molecule has 0 aliphatic heterocycles. The van der Waals surface area contributed by atoms with Gasteiger partial charge in [-0.3, -0.25) is 9.55 Å². The molecular formula is C17H15F3N4O3. The number of benzene rings is 1. The monoisotopic (exact) mass is 380 g/mol. The van der Waals surface area contributed by atoms with Crippen LogP contribution < -0.4 is 15.7 Å². The number of halogens is 3. The van der Waals surface area contributed by atoms with Crippen molar-refractivity contribution in [1.29, 1.82) is 0 Å². The number of hydrogen-bond donors (Lipinski definition) is 2. The van der Waals surface area contributed by atoms with E-state index in [4.69, 9.17) is 0 Å². The molecule has 0 saturated heterocycles. The van der Waals surface area contributed by atoms with Crippen LogP contribution in [0.5, 0.6) is 11.6 Å². The quantitative estimate of drug-likeness (QED) is 0.711. The number of anilines is 1. The van der Waals surface area contributed by atoms with Crippen molar-refractivity contribution < 1.29 is 23.0 Å². The average Bonchev–Trinajstić information content (AvgIpc) is 2.88. The highest BCUT2D eigenvalue weighted by atomic mass is 19.4. The van der Waals surface area contributed by atoms with E-state index in [1.165, 1.54) is 22.9 Å². The van der Waals surface area contributed by atoms with Crippen LogP contribution >= 0.6 is 0 Å². The summed E-state index contributed by atoms with van der Waals surface area (Å²) in [5.74, 6) is -0.766. The number of nitrogens with one attached hydrogen (secondary N) is 1. The van der Waals surface area contributed by atoms with Gasteiger partial charge in [0.05, 0.1) is 30.3 Å². The maximum atomic E-state index is 12.6. The molecular weight excluding hydrogens is 365 g/mol. The molecule has 2 heterocycles. The van der Waals surface area contributed by atoms with E-state index in [2.05, 4.69) is 15.0 Å². The molecule has 3 aromatic rings. The second-order valence-corrected chi connectivity index (χ2v) is 5.56. The first-order chi connectivity index (χ1) is 12.8. The molecule has 10 heteroatoms. The Kier molecular flexibility index (Phi) is 4.80. The van der Waals surface area contributed by atoms with E-state index in [9.17, 15) is 23.1 Å². The minimum atomic E-state index is -4.81. The molecule has 3 rings (SSSR count). The number of aromatic hydroxyl groups is 1. The van der Waals surface area contributed by atoms with Gasteiger partial charge in [-0.1, -0.05) is 0 Å². The zero-order valence-corrected chi connectivity index (χ0v) is 14.1. The van der Waals surface area contributed by atoms with E-state index < -0.39 is 17.8 Å². The molecule has 2 aromatic heterocycles. The van der Waals surface area contributed by atoms with Gasteiger partial charge in [-0.15, -0.1) is 13.2 Å². The van der Waals surface area contributed by atoms with Gasteiger partial charge in [0.1, 0.15) is 5.75 Å². The van der Waals surface area contributed by atoms with Gasteiger partial charge in [-0.25, -0.2) is 9.36 Å². The number of hydrogen-bond acceptors (Lipinski definition) is 5. The van der Waals surface area contributed by atoms with Crippen LogP contribution in [0.15, 0.2) is 53.7 Å². The van der Waals surface area contributed by atoms with Crippen LogP contribution in [0.25, 0.3) is 5.69 Å². The molecule has 0 atom stereocenters. The zero-order chi connectivity index (χ0) is 19.6. The maximum Gasteiger partial charge on any atom is 0.573 e. The number of rotatable bonds is 5. The molecule has 0 spiro atoms. The van der Waals surface area contributed by atoms with Gasteiger partial charge in [0.2, 0.25) is 5.88 Å². The fraction of sp³-hybridized carbons (Fsp3) is 0.176. The summed E-state index contributed by atoms with van der Waals surface area (Å²) in [6.45, 7) is 0.174. The minimum Gasteiger partial charge on any atom is -0.493 e. The zero-order valence-electron chi connectivity index (χ0n) is 14.1. The van der Waals surface area contributed by atoms with Crippen LogP contribution in [-0.4, -0.2) is 32.6 Å². The summed E-state index contributed by atoms with van der Waals surface area (Å²) < 4.78 is 42.8. The highest BCUT2D eigenvalue weighted by molar-refractivity contribution is 5.48. The van der Waals surface area contributed by atoms with Gasteiger partial charge in [0, 0.05) is 13.2 Å². The van der Waals surface area contributed by atoms with Gasteiger partial charge in [0.15, 0.2) is 0 Å². The van der Waals surface area contributed by atoms with Crippen molar-refractivity contribution in [2.24, 2.45) is 0 Å². The van der Waals surface area contributed by atoms with Crippen LogP contribution in [0.2, 0.25) is 0 Å². The fourth-order valence-electron chi connectivity index (χ4n) is 2.60. The molecule has 2 N–H and O–H groups in total. The van der Waals surface area contributed by atoms with Gasteiger partial charge < -0.3 is 15.2 Å². The third kappa shape index (κ3) is 4.05. The highest BCUT2D eigenvalue weighted by Crippen LogP contribution is 2.24. The predicted octanol–water partition coefficient (Wildman–Crippen LogP) is 2.73. The van der Waals surface area contributed by atoms with Crippen molar-refractivity contribution in [3.8, 4) is 17.3 Å². The van der Waals surface area contributed by atoms with Gasteiger partial charge in [-0.2, -0.15) is 0 Å². The first kappa shape index (κ1) is 18.4. The first-order valence-corrected chi connectivity index (χ1v) is 7.76. The van der Waals surface area contributed by atoms with Crippen molar-refractivity contribution >= 4 is 5.69 Å². The van der Waals surface area contributed by atoms with Crippen molar-refractivity contribution in [2.45, 2.75) is 12.9 Å². The predicted molar refractivity (Wildman–Crippen MR) is 91.3 cm³/mol. The molecule has 0 unspecified atom stereocenters. The lowest BCUT2D eigenvalue weighted by atomic mass is 10.2. The SMILES string of the molecule is CNc1cnccc1Cn1cc(O)n(-c2ccc(OC(F)(F)F)cc2)c1=O. The summed E-state index contributed by atoms with van der Waals surface area (Å²) in [5, 5.41) is 13.1. The maximum absolute atomic E-state index is 12.6. The number of alkyl halides is 3. The number of nitrogens with zero attached hydrogens (tertiary/aromatic N) is 3. The Morgan fingerprint density at radius 1 is 1.22 bits per heavy atom. The van der Waals surface area contributed by atoms with E-state index in [0.29, 0.717) is 0 Å². The topological polar surface area (TPSA) is 81.3 Å². The third-order valence-electron chi connectivity index (χ3n) is 3.79. The smallest absolute Gasteiger partial charge is 0.493 e. The van der Waals surface area contributed by atoms with Crippen molar-refractivity contribution in [1.82, 2.24) is 14.1 Å². The van der Waals surface area contributed by atoms with Crippen LogP contribution in [0, 0.1) is 0 Å². The summed E-state index contributed by atoms with van der Waals surface area (Å²) >= 11 is 0. The lowest BCUT2D eigenvalue weighted by Gasteiger charge is -2.10. The van der Waals surface area contributed by atoms with Gasteiger partial charge in [-0.05, 0) is 35.9 Å². The molecule has 1 aromatic carbocycles. The third-order valence-corrected chi connectivity index (χ3v) is 3.79. The van der Waals surface area contributed by atoms with Crippen LogP contribution in [0.3, 0.4) is 0 Å². The lowest BCUT2D eigenvalue weighted by molar-refractivity contribution is -0.274. The average molecular weight is 380 g/mol. The van der Waals surface area contributed by atoms with E-state index in [-0.39, 0.29) is 18.1 Å². The molecule has 0 saturated carbocycles. The van der Waals surface area contributed by atoms with Crippen LogP contribution in [-0.2, 0) is 6.54 Å². The summed E-state index contributed by atoms with van der Waals surface area (Å²) in [4.78, 5) is 16.6. The largest absolute Gasteiger partial charge is 0.573 e. The standard InChI is InChI=1S/C17H15F3N4O3/c1-21-14-8-22-7-6-11(14)9-23-10-15(25)24(16(23)26)12-2-4-13(5-3-12)27-17(18,19)20/h2-8,10,21,25H,9H2,1H3. The molecule has 0 amide bonds. The molecule has 27 heavy (non-hydrogen) atoms. The van der Waals surface area contributed by atoms with Crippen molar-refractivity contribution in [3.63, 3.8) is 0 Å². The van der Waals surface area contributed by atoms with E-state index in [1.54, 1.807) is 25.5 Å². The Labute approximate surface area is 151 Å². The summed E-state index contributed by atoms with van der Waals surface area (Å²) in [7, 11) is 1.72. The van der Waals surface area contributed by atoms with E-state index in [1.807, 2.05) is 0 Å². The van der Waals surface area contributed by atoms with Crippen molar-refractivity contribution in [3.05, 3.63) is 65.0 Å². The molecule has 0 aliphatic carbocycles. The number of imidazole rings is 1. The highest BCUT2D eigenvalue weighted by Gasteiger charge is 2.31. The van der Waals surface area contributed by atoms with Crippen LogP contribution in [0.4, 0.5) is 18.9 Å². The second kappa shape index (κ2) is 7.06.